The van der Waals surface area contributed by atoms with E-state index in [0.717, 1.165) is 26.1 Å². The average molecular weight is 281 g/mol. The Labute approximate surface area is 121 Å². The lowest BCUT2D eigenvalue weighted by Crippen LogP contribution is -2.64. The van der Waals surface area contributed by atoms with Crippen molar-refractivity contribution in [1.82, 2.24) is 4.90 Å². The Morgan fingerprint density at radius 2 is 2.15 bits per heavy atom. The second-order valence-corrected chi connectivity index (χ2v) is 6.65. The topological polar surface area (TPSA) is 38.8 Å². The number of amides is 1. The van der Waals surface area contributed by atoms with Crippen molar-refractivity contribution in [3.05, 3.63) is 0 Å². The van der Waals surface area contributed by atoms with E-state index < -0.39 is 0 Å². The zero-order valence-corrected chi connectivity index (χ0v) is 12.8. The lowest BCUT2D eigenvalue weighted by molar-refractivity contribution is -0.174. The molecular weight excluding hydrogens is 254 g/mol. The van der Waals surface area contributed by atoms with Crippen LogP contribution in [0.15, 0.2) is 0 Å². The number of carbonyl (C=O) groups excluding carboxylic acids is 1. The van der Waals surface area contributed by atoms with Crippen LogP contribution in [0.1, 0.15) is 45.4 Å². The molecule has 0 radical (unpaired) electrons. The van der Waals surface area contributed by atoms with Gasteiger partial charge < -0.3 is 14.4 Å². The predicted molar refractivity (Wildman–Crippen MR) is 76.4 cm³/mol. The molecule has 1 amide bonds. The molecule has 0 aromatic rings. The lowest BCUT2D eigenvalue weighted by Gasteiger charge is -2.57. The molecule has 3 fully saturated rings. The molecular formula is C16H27NO3. The van der Waals surface area contributed by atoms with Crippen LogP contribution in [-0.2, 0) is 14.3 Å². The van der Waals surface area contributed by atoms with Crippen LogP contribution in [0.4, 0.5) is 0 Å². The molecule has 2 aliphatic carbocycles. The molecule has 1 spiro atoms. The summed E-state index contributed by atoms with van der Waals surface area (Å²) in [6.07, 6.45) is 7.29. The van der Waals surface area contributed by atoms with E-state index in [-0.39, 0.29) is 17.2 Å². The maximum atomic E-state index is 12.6. The molecule has 1 aliphatic heterocycles. The molecule has 1 heterocycles. The summed E-state index contributed by atoms with van der Waals surface area (Å²) in [6, 6.07) is 0.384. The van der Waals surface area contributed by atoms with Crippen LogP contribution < -0.4 is 0 Å². The van der Waals surface area contributed by atoms with E-state index in [1.165, 1.54) is 25.7 Å². The van der Waals surface area contributed by atoms with Crippen molar-refractivity contribution in [2.75, 3.05) is 26.9 Å². The Balaban J connectivity index is 1.68. The van der Waals surface area contributed by atoms with E-state index in [1.807, 2.05) is 11.9 Å². The molecule has 4 heteroatoms. The van der Waals surface area contributed by atoms with Crippen LogP contribution in [0.3, 0.4) is 0 Å². The minimum atomic E-state index is 0.0876. The van der Waals surface area contributed by atoms with Crippen molar-refractivity contribution >= 4 is 5.91 Å². The first-order valence-corrected chi connectivity index (χ1v) is 8.15. The zero-order valence-electron chi connectivity index (χ0n) is 12.8. The fraction of sp³-hybridized carbons (Fsp3) is 0.938. The summed E-state index contributed by atoms with van der Waals surface area (Å²) in [5.41, 5.74) is 0.250. The van der Waals surface area contributed by atoms with Crippen LogP contribution in [0, 0.1) is 11.3 Å². The van der Waals surface area contributed by atoms with Crippen molar-refractivity contribution in [1.29, 1.82) is 0 Å². The molecule has 3 rings (SSSR count). The molecule has 114 valence electrons. The molecule has 3 atom stereocenters. The second-order valence-electron chi connectivity index (χ2n) is 6.65. The van der Waals surface area contributed by atoms with Gasteiger partial charge in [-0.05, 0) is 32.6 Å². The number of nitrogens with zero attached hydrogens (tertiary/aromatic N) is 1. The standard InChI is InChI=1S/C16H27NO3/c1-3-20-14-10-13(16(14)7-4-5-8-16)17(2)15(18)12-6-9-19-11-12/h12-14H,3-11H2,1-2H3/t12-,13+,14-/m1/s1. The molecule has 0 bridgehead atoms. The fourth-order valence-corrected chi connectivity index (χ4v) is 4.56. The third-order valence-corrected chi connectivity index (χ3v) is 5.74. The molecule has 0 aromatic heterocycles. The van der Waals surface area contributed by atoms with E-state index in [4.69, 9.17) is 9.47 Å². The first-order chi connectivity index (χ1) is 9.69. The first-order valence-electron chi connectivity index (χ1n) is 8.15. The highest BCUT2D eigenvalue weighted by Gasteiger charge is 2.59. The van der Waals surface area contributed by atoms with Crippen molar-refractivity contribution < 1.29 is 14.3 Å². The van der Waals surface area contributed by atoms with E-state index >= 15 is 0 Å². The molecule has 4 nitrogen and oxygen atoms in total. The van der Waals surface area contributed by atoms with Gasteiger partial charge in [0.1, 0.15) is 0 Å². The van der Waals surface area contributed by atoms with Gasteiger partial charge in [0, 0.05) is 31.7 Å². The molecule has 0 N–H and O–H groups in total. The summed E-state index contributed by atoms with van der Waals surface area (Å²) in [7, 11) is 1.99. The van der Waals surface area contributed by atoms with Crippen LogP contribution in [-0.4, -0.2) is 49.8 Å². The molecule has 3 aliphatic rings. The van der Waals surface area contributed by atoms with Crippen LogP contribution in [0.2, 0.25) is 0 Å². The predicted octanol–water partition coefficient (Wildman–Crippen LogP) is 2.22. The highest BCUT2D eigenvalue weighted by atomic mass is 16.5. The van der Waals surface area contributed by atoms with Crippen molar-refractivity contribution in [3.8, 4) is 0 Å². The highest BCUT2D eigenvalue weighted by molar-refractivity contribution is 5.79. The fourth-order valence-electron chi connectivity index (χ4n) is 4.56. The van der Waals surface area contributed by atoms with Gasteiger partial charge in [-0.1, -0.05) is 12.8 Å². The maximum absolute atomic E-state index is 12.6. The van der Waals surface area contributed by atoms with Crippen molar-refractivity contribution in [2.24, 2.45) is 11.3 Å². The Kier molecular flexibility index (Phi) is 4.04. The third-order valence-electron chi connectivity index (χ3n) is 5.74. The van der Waals surface area contributed by atoms with E-state index in [0.29, 0.717) is 18.8 Å². The second kappa shape index (κ2) is 5.64. The van der Waals surface area contributed by atoms with Gasteiger partial charge in [0.25, 0.3) is 0 Å². The van der Waals surface area contributed by atoms with Gasteiger partial charge in [-0.25, -0.2) is 0 Å². The van der Waals surface area contributed by atoms with Crippen LogP contribution in [0.25, 0.3) is 0 Å². The van der Waals surface area contributed by atoms with Gasteiger partial charge in [0.05, 0.1) is 18.6 Å². The number of ether oxygens (including phenoxy) is 2. The summed E-state index contributed by atoms with van der Waals surface area (Å²) < 4.78 is 11.3. The van der Waals surface area contributed by atoms with Gasteiger partial charge in [-0.3, -0.25) is 4.79 Å². The normalized spacial score (nSPS) is 35.2. The number of rotatable bonds is 4. The van der Waals surface area contributed by atoms with E-state index in [2.05, 4.69) is 6.92 Å². The quantitative estimate of drug-likeness (QED) is 0.793. The maximum Gasteiger partial charge on any atom is 0.228 e. The summed E-state index contributed by atoms with van der Waals surface area (Å²) in [4.78, 5) is 14.6. The number of hydrogen-bond acceptors (Lipinski definition) is 3. The van der Waals surface area contributed by atoms with Gasteiger partial charge in [-0.15, -0.1) is 0 Å². The van der Waals surface area contributed by atoms with Gasteiger partial charge >= 0.3 is 0 Å². The monoisotopic (exact) mass is 281 g/mol. The SMILES string of the molecule is CCO[C@@H]1C[C@H](N(C)C(=O)[C@@H]2CCOC2)C12CCCC2. The number of hydrogen-bond donors (Lipinski definition) is 0. The van der Waals surface area contributed by atoms with Crippen LogP contribution in [0.5, 0.6) is 0 Å². The van der Waals surface area contributed by atoms with Crippen molar-refractivity contribution in [2.45, 2.75) is 57.6 Å². The molecule has 2 saturated carbocycles. The minimum absolute atomic E-state index is 0.0876. The number of carbonyl (C=O) groups is 1. The summed E-state index contributed by atoms with van der Waals surface area (Å²) >= 11 is 0. The summed E-state index contributed by atoms with van der Waals surface area (Å²) in [5, 5.41) is 0. The van der Waals surface area contributed by atoms with Gasteiger partial charge in [0.15, 0.2) is 0 Å². The van der Waals surface area contributed by atoms with Crippen molar-refractivity contribution in [3.63, 3.8) is 0 Å². The molecule has 1 saturated heterocycles. The van der Waals surface area contributed by atoms with Gasteiger partial charge in [-0.2, -0.15) is 0 Å². The van der Waals surface area contributed by atoms with Crippen LogP contribution >= 0.6 is 0 Å². The zero-order chi connectivity index (χ0) is 14.2. The smallest absolute Gasteiger partial charge is 0.228 e. The lowest BCUT2D eigenvalue weighted by atomic mass is 9.60. The Hall–Kier alpha value is -0.610. The van der Waals surface area contributed by atoms with Gasteiger partial charge in [0.2, 0.25) is 5.91 Å². The highest BCUT2D eigenvalue weighted by Crippen LogP contribution is 2.56. The minimum Gasteiger partial charge on any atom is -0.381 e. The average Bonchev–Trinajstić information content (AvgIpc) is 3.13. The molecule has 0 aromatic carbocycles. The Bertz CT molecular complexity index is 359. The molecule has 0 unspecified atom stereocenters. The van der Waals surface area contributed by atoms with E-state index in [9.17, 15) is 4.79 Å². The molecule has 20 heavy (non-hydrogen) atoms. The summed E-state index contributed by atoms with van der Waals surface area (Å²) in [5.74, 6) is 0.373. The first kappa shape index (κ1) is 14.3. The largest absolute Gasteiger partial charge is 0.381 e. The third kappa shape index (κ3) is 2.17. The Morgan fingerprint density at radius 3 is 2.75 bits per heavy atom. The van der Waals surface area contributed by atoms with E-state index in [1.54, 1.807) is 0 Å². The Morgan fingerprint density at radius 1 is 1.40 bits per heavy atom. The summed E-state index contributed by atoms with van der Waals surface area (Å²) in [6.45, 7) is 4.20.